The van der Waals surface area contributed by atoms with Gasteiger partial charge < -0.3 is 10.9 Å². The van der Waals surface area contributed by atoms with Crippen molar-refractivity contribution in [2.24, 2.45) is 10.9 Å². The molecule has 4 heteroatoms. The van der Waals surface area contributed by atoms with Crippen molar-refractivity contribution in [1.29, 1.82) is 0 Å². The second-order valence-corrected chi connectivity index (χ2v) is 3.51. The molecule has 4 nitrogen and oxygen atoms in total. The fraction of sp³-hybridized carbons (Fsp3) is 0.875. The van der Waals surface area contributed by atoms with E-state index in [9.17, 15) is 0 Å². The topological polar surface area (TPSA) is 61.8 Å². The molecule has 1 aliphatic rings. The molecule has 0 aromatic heterocycles. The fourth-order valence-corrected chi connectivity index (χ4v) is 1.79. The molecule has 12 heavy (non-hydrogen) atoms. The smallest absolute Gasteiger partial charge is 0.156 e. The third-order valence-electron chi connectivity index (χ3n) is 2.41. The normalized spacial score (nSPS) is 26.9. The van der Waals surface area contributed by atoms with Crippen molar-refractivity contribution in [1.82, 2.24) is 4.90 Å². The zero-order valence-corrected chi connectivity index (χ0v) is 7.70. The highest BCUT2D eigenvalue weighted by molar-refractivity contribution is 5.85. The van der Waals surface area contributed by atoms with Crippen molar-refractivity contribution in [2.75, 3.05) is 6.54 Å². The van der Waals surface area contributed by atoms with Crippen LogP contribution in [0, 0.1) is 0 Å². The summed E-state index contributed by atoms with van der Waals surface area (Å²) in [6, 6.07) is 0.618. The van der Waals surface area contributed by atoms with Crippen molar-refractivity contribution >= 4 is 5.84 Å². The number of nitrogens with zero attached hydrogens (tertiary/aromatic N) is 2. The summed E-state index contributed by atoms with van der Waals surface area (Å²) < 4.78 is 0. The van der Waals surface area contributed by atoms with E-state index in [1.807, 2.05) is 0 Å². The van der Waals surface area contributed by atoms with Gasteiger partial charge in [-0.3, -0.25) is 4.90 Å². The second kappa shape index (κ2) is 3.76. The Labute approximate surface area is 73.0 Å². The highest BCUT2D eigenvalue weighted by Crippen LogP contribution is 2.19. The largest absolute Gasteiger partial charge is 0.409 e. The Balaban J connectivity index is 2.64. The monoisotopic (exact) mass is 171 g/mol. The molecular formula is C8H17N3O. The van der Waals surface area contributed by atoms with Crippen LogP contribution < -0.4 is 5.73 Å². The zero-order chi connectivity index (χ0) is 9.14. The maximum Gasteiger partial charge on any atom is 0.156 e. The molecule has 0 amide bonds. The molecule has 1 heterocycles. The lowest BCUT2D eigenvalue weighted by Gasteiger charge is -2.26. The van der Waals surface area contributed by atoms with E-state index < -0.39 is 0 Å². The number of likely N-dealkylation sites (tertiary alicyclic amines) is 1. The SMILES string of the molecule is CC(C)N1CCCC1C(N)=NO. The van der Waals surface area contributed by atoms with Gasteiger partial charge in [0.25, 0.3) is 0 Å². The molecule has 0 saturated carbocycles. The van der Waals surface area contributed by atoms with Crippen LogP contribution in [-0.4, -0.2) is 34.6 Å². The van der Waals surface area contributed by atoms with E-state index in [0.717, 1.165) is 19.4 Å². The lowest BCUT2D eigenvalue weighted by atomic mass is 10.2. The Kier molecular flexibility index (Phi) is 2.92. The van der Waals surface area contributed by atoms with Gasteiger partial charge in [-0.1, -0.05) is 5.16 Å². The minimum absolute atomic E-state index is 0.148. The lowest BCUT2D eigenvalue weighted by Crippen LogP contribution is -2.43. The van der Waals surface area contributed by atoms with E-state index in [1.165, 1.54) is 0 Å². The summed E-state index contributed by atoms with van der Waals surface area (Å²) >= 11 is 0. The van der Waals surface area contributed by atoms with Crippen LogP contribution in [0.5, 0.6) is 0 Å². The molecule has 3 N–H and O–H groups in total. The van der Waals surface area contributed by atoms with Crippen LogP contribution in [-0.2, 0) is 0 Å². The van der Waals surface area contributed by atoms with Crippen molar-refractivity contribution in [3.63, 3.8) is 0 Å². The molecule has 0 aliphatic carbocycles. The molecule has 1 saturated heterocycles. The Bertz CT molecular complexity index is 179. The third-order valence-corrected chi connectivity index (χ3v) is 2.41. The average Bonchev–Trinajstić information content (AvgIpc) is 2.50. The van der Waals surface area contributed by atoms with E-state index in [-0.39, 0.29) is 6.04 Å². The summed E-state index contributed by atoms with van der Waals surface area (Å²) in [5, 5.41) is 11.6. The van der Waals surface area contributed by atoms with Crippen LogP contribution in [0.3, 0.4) is 0 Å². The molecule has 70 valence electrons. The van der Waals surface area contributed by atoms with Gasteiger partial charge in [-0.05, 0) is 33.2 Å². The molecule has 1 rings (SSSR count). The quantitative estimate of drug-likeness (QED) is 0.277. The Morgan fingerprint density at radius 3 is 2.83 bits per heavy atom. The van der Waals surface area contributed by atoms with E-state index in [2.05, 4.69) is 23.9 Å². The summed E-state index contributed by atoms with van der Waals surface area (Å²) in [5.74, 6) is 0.348. The molecular weight excluding hydrogens is 154 g/mol. The molecule has 1 atom stereocenters. The zero-order valence-electron chi connectivity index (χ0n) is 7.70. The van der Waals surface area contributed by atoms with Crippen molar-refractivity contribution in [3.05, 3.63) is 0 Å². The van der Waals surface area contributed by atoms with Crippen molar-refractivity contribution in [2.45, 2.75) is 38.8 Å². The van der Waals surface area contributed by atoms with Gasteiger partial charge in [-0.2, -0.15) is 0 Å². The van der Waals surface area contributed by atoms with Crippen LogP contribution in [0.25, 0.3) is 0 Å². The molecule has 1 unspecified atom stereocenters. The Morgan fingerprint density at radius 1 is 1.67 bits per heavy atom. The minimum Gasteiger partial charge on any atom is -0.409 e. The summed E-state index contributed by atoms with van der Waals surface area (Å²) in [5.41, 5.74) is 5.56. The number of rotatable bonds is 2. The third kappa shape index (κ3) is 1.69. The first-order valence-corrected chi connectivity index (χ1v) is 4.40. The van der Waals surface area contributed by atoms with Gasteiger partial charge in [0, 0.05) is 6.04 Å². The summed E-state index contributed by atoms with van der Waals surface area (Å²) in [7, 11) is 0. The predicted octanol–water partition coefficient (Wildman–Crippen LogP) is 0.606. The highest BCUT2D eigenvalue weighted by atomic mass is 16.4. The maximum absolute atomic E-state index is 8.53. The fourth-order valence-electron chi connectivity index (χ4n) is 1.79. The average molecular weight is 171 g/mol. The number of nitrogens with two attached hydrogens (primary N) is 1. The number of oxime groups is 1. The van der Waals surface area contributed by atoms with Gasteiger partial charge in [0.2, 0.25) is 0 Å². The number of amidine groups is 1. The number of hydrogen-bond donors (Lipinski definition) is 2. The lowest BCUT2D eigenvalue weighted by molar-refractivity contribution is 0.236. The van der Waals surface area contributed by atoms with Crippen LogP contribution >= 0.6 is 0 Å². The summed E-state index contributed by atoms with van der Waals surface area (Å²) in [6.07, 6.45) is 2.15. The van der Waals surface area contributed by atoms with E-state index >= 15 is 0 Å². The van der Waals surface area contributed by atoms with Crippen LogP contribution in [0.1, 0.15) is 26.7 Å². The van der Waals surface area contributed by atoms with Gasteiger partial charge in [0.05, 0.1) is 6.04 Å². The molecule has 0 aromatic carbocycles. The second-order valence-electron chi connectivity index (χ2n) is 3.51. The van der Waals surface area contributed by atoms with Crippen LogP contribution in [0.4, 0.5) is 0 Å². The van der Waals surface area contributed by atoms with Gasteiger partial charge in [0.15, 0.2) is 5.84 Å². The first kappa shape index (κ1) is 9.32. The van der Waals surface area contributed by atoms with Crippen molar-refractivity contribution < 1.29 is 5.21 Å². The first-order valence-electron chi connectivity index (χ1n) is 4.40. The minimum atomic E-state index is 0.148. The van der Waals surface area contributed by atoms with Gasteiger partial charge in [-0.15, -0.1) is 0 Å². The molecule has 0 bridgehead atoms. The molecule has 0 radical (unpaired) electrons. The molecule has 0 spiro atoms. The molecule has 0 aromatic rings. The van der Waals surface area contributed by atoms with Gasteiger partial charge in [-0.25, -0.2) is 0 Å². The maximum atomic E-state index is 8.53. The summed E-state index contributed by atoms with van der Waals surface area (Å²) in [6.45, 7) is 5.31. The highest BCUT2D eigenvalue weighted by Gasteiger charge is 2.29. The predicted molar refractivity (Wildman–Crippen MR) is 48.3 cm³/mol. The molecule has 1 aliphatic heterocycles. The Morgan fingerprint density at radius 2 is 2.33 bits per heavy atom. The van der Waals surface area contributed by atoms with E-state index in [1.54, 1.807) is 0 Å². The Hall–Kier alpha value is -0.770. The van der Waals surface area contributed by atoms with E-state index in [0.29, 0.717) is 11.9 Å². The van der Waals surface area contributed by atoms with Crippen LogP contribution in [0.15, 0.2) is 5.16 Å². The summed E-state index contributed by atoms with van der Waals surface area (Å²) in [4.78, 5) is 2.26. The van der Waals surface area contributed by atoms with Crippen molar-refractivity contribution in [3.8, 4) is 0 Å². The van der Waals surface area contributed by atoms with Gasteiger partial charge in [0.1, 0.15) is 0 Å². The van der Waals surface area contributed by atoms with Crippen LogP contribution in [0.2, 0.25) is 0 Å². The number of hydrogen-bond acceptors (Lipinski definition) is 3. The molecule has 1 fully saturated rings. The standard InChI is InChI=1S/C8H17N3O/c1-6(2)11-5-3-4-7(11)8(9)10-12/h6-7,12H,3-5H2,1-2H3,(H2,9,10). The first-order chi connectivity index (χ1) is 5.66. The van der Waals surface area contributed by atoms with Gasteiger partial charge >= 0.3 is 0 Å². The van der Waals surface area contributed by atoms with E-state index in [4.69, 9.17) is 10.9 Å².